The van der Waals surface area contributed by atoms with E-state index in [-0.39, 0.29) is 6.10 Å². The average molecular weight is 391 g/mol. The van der Waals surface area contributed by atoms with Gasteiger partial charge in [-0.25, -0.2) is 9.97 Å². The molecule has 2 aliphatic rings. The number of piperazine rings is 1. The summed E-state index contributed by atoms with van der Waals surface area (Å²) in [4.78, 5) is 17.9. The number of nitrogens with zero attached hydrogens (tertiary/aromatic N) is 5. The Labute approximate surface area is 170 Å². The van der Waals surface area contributed by atoms with Crippen LogP contribution in [-0.2, 0) is 4.74 Å². The molecule has 7 heteroatoms. The number of pyridine rings is 1. The molecule has 0 saturated carbocycles. The maximum absolute atomic E-state index is 6.11. The first-order valence-electron chi connectivity index (χ1n) is 10.2. The van der Waals surface area contributed by atoms with Crippen LogP contribution in [0.2, 0.25) is 0 Å². The summed E-state index contributed by atoms with van der Waals surface area (Å²) in [5, 5.41) is 0.962. The highest BCUT2D eigenvalue weighted by Crippen LogP contribution is 2.29. The molecule has 0 aliphatic carbocycles. The average Bonchev–Trinajstić information content (AvgIpc) is 3.27. The zero-order valence-corrected chi connectivity index (χ0v) is 16.6. The summed E-state index contributed by atoms with van der Waals surface area (Å²) in [6.45, 7) is 7.31. The van der Waals surface area contributed by atoms with Crippen molar-refractivity contribution in [3.63, 3.8) is 0 Å². The third kappa shape index (κ3) is 3.82. The highest BCUT2D eigenvalue weighted by Gasteiger charge is 2.21. The van der Waals surface area contributed by atoms with Gasteiger partial charge in [-0.2, -0.15) is 0 Å². The number of anilines is 2. The summed E-state index contributed by atoms with van der Waals surface area (Å²) in [7, 11) is 0. The topological polar surface area (TPSA) is 63.6 Å². The number of aryl methyl sites for hydroxylation is 1. The zero-order chi connectivity index (χ0) is 19.6. The van der Waals surface area contributed by atoms with E-state index in [1.54, 1.807) is 6.33 Å². The van der Waals surface area contributed by atoms with Crippen molar-refractivity contribution >= 4 is 22.3 Å². The van der Waals surface area contributed by atoms with Crippen LogP contribution >= 0.6 is 0 Å². The Morgan fingerprint density at radius 1 is 0.966 bits per heavy atom. The van der Waals surface area contributed by atoms with Crippen LogP contribution in [0.1, 0.15) is 12.1 Å². The smallest absolute Gasteiger partial charge is 0.224 e. The summed E-state index contributed by atoms with van der Waals surface area (Å²) >= 11 is 0. The summed E-state index contributed by atoms with van der Waals surface area (Å²) < 4.78 is 11.5. The first-order chi connectivity index (χ1) is 14.3. The van der Waals surface area contributed by atoms with Crippen LogP contribution < -0.4 is 14.5 Å². The molecule has 2 aromatic heterocycles. The van der Waals surface area contributed by atoms with Crippen LogP contribution in [0.4, 0.5) is 11.4 Å². The van der Waals surface area contributed by atoms with Gasteiger partial charge in [0, 0.05) is 55.9 Å². The Kier molecular flexibility index (Phi) is 4.89. The van der Waals surface area contributed by atoms with Gasteiger partial charge in [-0.15, -0.1) is 0 Å². The van der Waals surface area contributed by atoms with Crippen LogP contribution in [-0.4, -0.2) is 60.4 Å². The molecule has 1 atom stereocenters. The fraction of sp³-hybridized carbons (Fsp3) is 0.409. The van der Waals surface area contributed by atoms with E-state index in [0.29, 0.717) is 12.5 Å². The number of rotatable bonds is 4. The van der Waals surface area contributed by atoms with Gasteiger partial charge in [0.1, 0.15) is 12.4 Å². The van der Waals surface area contributed by atoms with E-state index in [2.05, 4.69) is 55.1 Å². The Bertz CT molecular complexity index is 997. The molecule has 0 N–H and O–H groups in total. The number of ether oxygens (including phenoxy) is 2. The van der Waals surface area contributed by atoms with Gasteiger partial charge in [0.05, 0.1) is 24.1 Å². The molecule has 0 radical (unpaired) electrons. The van der Waals surface area contributed by atoms with Gasteiger partial charge in [-0.1, -0.05) is 0 Å². The normalized spacial score (nSPS) is 19.7. The van der Waals surface area contributed by atoms with E-state index >= 15 is 0 Å². The highest BCUT2D eigenvalue weighted by molar-refractivity contribution is 5.86. The Morgan fingerprint density at radius 3 is 2.48 bits per heavy atom. The van der Waals surface area contributed by atoms with Crippen molar-refractivity contribution in [2.24, 2.45) is 0 Å². The van der Waals surface area contributed by atoms with Gasteiger partial charge in [0.25, 0.3) is 0 Å². The van der Waals surface area contributed by atoms with Crippen molar-refractivity contribution in [2.75, 3.05) is 49.2 Å². The minimum atomic E-state index is 0.0733. The van der Waals surface area contributed by atoms with Crippen molar-refractivity contribution < 1.29 is 9.47 Å². The molecule has 2 fully saturated rings. The van der Waals surface area contributed by atoms with Crippen molar-refractivity contribution in [1.29, 1.82) is 0 Å². The monoisotopic (exact) mass is 391 g/mol. The Morgan fingerprint density at radius 2 is 1.76 bits per heavy atom. The second-order valence-electron chi connectivity index (χ2n) is 7.61. The molecule has 2 saturated heterocycles. The van der Waals surface area contributed by atoms with E-state index < -0.39 is 0 Å². The molecule has 3 aromatic rings. The molecule has 0 bridgehead atoms. The summed E-state index contributed by atoms with van der Waals surface area (Å²) in [5.74, 6) is 0.651. The minimum Gasteiger partial charge on any atom is -0.471 e. The van der Waals surface area contributed by atoms with Gasteiger partial charge in [0.2, 0.25) is 5.88 Å². The van der Waals surface area contributed by atoms with E-state index in [9.17, 15) is 0 Å². The van der Waals surface area contributed by atoms with E-state index in [0.717, 1.165) is 55.8 Å². The van der Waals surface area contributed by atoms with Gasteiger partial charge in [-0.05, 0) is 37.3 Å². The van der Waals surface area contributed by atoms with Crippen LogP contribution in [0.3, 0.4) is 0 Å². The molecule has 5 rings (SSSR count). The largest absolute Gasteiger partial charge is 0.471 e. The van der Waals surface area contributed by atoms with Crippen LogP contribution in [0.15, 0.2) is 42.9 Å². The molecule has 4 heterocycles. The second kappa shape index (κ2) is 7.83. The fourth-order valence-corrected chi connectivity index (χ4v) is 4.03. The third-order valence-electron chi connectivity index (χ3n) is 5.64. The van der Waals surface area contributed by atoms with Gasteiger partial charge < -0.3 is 19.3 Å². The van der Waals surface area contributed by atoms with E-state index in [1.807, 2.05) is 13.1 Å². The molecule has 150 valence electrons. The maximum atomic E-state index is 6.11. The predicted octanol–water partition coefficient (Wildman–Crippen LogP) is 2.83. The molecule has 0 spiro atoms. The fourth-order valence-electron chi connectivity index (χ4n) is 4.03. The van der Waals surface area contributed by atoms with Crippen molar-refractivity contribution in [1.82, 2.24) is 15.0 Å². The first kappa shape index (κ1) is 18.1. The highest BCUT2D eigenvalue weighted by atomic mass is 16.5. The number of benzene rings is 1. The SMILES string of the molecule is Cc1cc(N2CCN(c3ccc4ncnc(OC5CCOC5)c4c3)CC2)ccn1. The standard InChI is InChI=1S/C22H25N5O2/c1-16-12-18(4-6-23-16)27-9-7-26(8-10-27)17-2-3-21-20(13-17)22(25-15-24-21)29-19-5-11-28-14-19/h2-4,6,12-13,15,19H,5,7-11,14H2,1H3. The molecule has 1 aromatic carbocycles. The van der Waals surface area contributed by atoms with Gasteiger partial charge >= 0.3 is 0 Å². The Balaban J connectivity index is 1.34. The summed E-state index contributed by atoms with van der Waals surface area (Å²) in [6, 6.07) is 10.6. The lowest BCUT2D eigenvalue weighted by Crippen LogP contribution is -2.46. The minimum absolute atomic E-state index is 0.0733. The summed E-state index contributed by atoms with van der Waals surface area (Å²) in [6.07, 6.45) is 4.44. The van der Waals surface area contributed by atoms with Crippen molar-refractivity contribution in [2.45, 2.75) is 19.4 Å². The van der Waals surface area contributed by atoms with Crippen molar-refractivity contribution in [3.8, 4) is 5.88 Å². The van der Waals surface area contributed by atoms with Gasteiger partial charge in [0.15, 0.2) is 0 Å². The van der Waals surface area contributed by atoms with Crippen LogP contribution in [0, 0.1) is 6.92 Å². The molecule has 29 heavy (non-hydrogen) atoms. The first-order valence-corrected chi connectivity index (χ1v) is 10.2. The zero-order valence-electron chi connectivity index (χ0n) is 16.6. The number of hydrogen-bond donors (Lipinski definition) is 0. The number of hydrogen-bond acceptors (Lipinski definition) is 7. The van der Waals surface area contributed by atoms with E-state index in [1.165, 1.54) is 11.4 Å². The van der Waals surface area contributed by atoms with Gasteiger partial charge in [-0.3, -0.25) is 4.98 Å². The number of aromatic nitrogens is 3. The van der Waals surface area contributed by atoms with Crippen LogP contribution in [0.25, 0.3) is 10.9 Å². The summed E-state index contributed by atoms with van der Waals surface area (Å²) in [5.41, 5.74) is 4.40. The lowest BCUT2D eigenvalue weighted by molar-refractivity contribution is 0.139. The maximum Gasteiger partial charge on any atom is 0.224 e. The lowest BCUT2D eigenvalue weighted by Gasteiger charge is -2.37. The molecular formula is C22H25N5O2. The lowest BCUT2D eigenvalue weighted by atomic mass is 10.1. The predicted molar refractivity (Wildman–Crippen MR) is 113 cm³/mol. The number of fused-ring (bicyclic) bond motifs is 1. The molecule has 1 unspecified atom stereocenters. The van der Waals surface area contributed by atoms with Crippen molar-refractivity contribution in [3.05, 3.63) is 48.5 Å². The third-order valence-corrected chi connectivity index (χ3v) is 5.64. The molecule has 0 amide bonds. The Hall–Kier alpha value is -2.93. The quantitative estimate of drug-likeness (QED) is 0.678. The van der Waals surface area contributed by atoms with E-state index in [4.69, 9.17) is 9.47 Å². The molecular weight excluding hydrogens is 366 g/mol. The second-order valence-corrected chi connectivity index (χ2v) is 7.61. The molecule has 2 aliphatic heterocycles. The molecule has 7 nitrogen and oxygen atoms in total. The van der Waals surface area contributed by atoms with Crippen LogP contribution in [0.5, 0.6) is 5.88 Å².